The minimum Gasteiger partial charge on any atom is -0.478 e. The predicted molar refractivity (Wildman–Crippen MR) is 151 cm³/mol. The van der Waals surface area contributed by atoms with E-state index in [2.05, 4.69) is 19.3 Å². The van der Waals surface area contributed by atoms with Gasteiger partial charge in [0.2, 0.25) is 0 Å². The van der Waals surface area contributed by atoms with Crippen LogP contribution in [0.4, 0.5) is 5.69 Å². The van der Waals surface area contributed by atoms with E-state index in [1.165, 1.54) is 119 Å². The maximum absolute atomic E-state index is 12.8. The summed E-state index contributed by atoms with van der Waals surface area (Å²) in [5.74, 6) is 1.05. The van der Waals surface area contributed by atoms with Crippen LogP contribution in [0.15, 0.2) is 40.6 Å². The van der Waals surface area contributed by atoms with Gasteiger partial charge in [0.05, 0.1) is 5.56 Å². The molecule has 0 amide bonds. The summed E-state index contributed by atoms with van der Waals surface area (Å²) in [6.45, 7) is 0. The van der Waals surface area contributed by atoms with Gasteiger partial charge < -0.3 is 5.11 Å². The van der Waals surface area contributed by atoms with Crippen LogP contribution >= 0.6 is 11.3 Å². The molecular formula is C27H37B2NO4S2. The standard InChI is InChI=1S/C27H37B2NO4S2/c31-27(32)20-14-16-24(17-15-20)30-36(33,34)26-19-18-25(35-26)29-23-12-6-10-22(11-7-13-23)28-21-8-4-2-1-3-5-9-21/h14-19,21-23,30H,1-13H2,(H,31,32). The minimum atomic E-state index is -3.71. The number of nitrogens with one attached hydrogen (secondary N) is 1. The van der Waals surface area contributed by atoms with Crippen molar-refractivity contribution in [2.45, 2.75) is 105 Å². The third-order valence-electron chi connectivity index (χ3n) is 7.64. The van der Waals surface area contributed by atoms with Gasteiger partial charge in [0.15, 0.2) is 7.28 Å². The van der Waals surface area contributed by atoms with E-state index >= 15 is 0 Å². The molecule has 0 spiro atoms. The Morgan fingerprint density at radius 1 is 0.778 bits per heavy atom. The van der Waals surface area contributed by atoms with Crippen molar-refractivity contribution in [3.05, 3.63) is 42.0 Å². The Morgan fingerprint density at radius 2 is 1.33 bits per heavy atom. The number of hydrogen-bond donors (Lipinski definition) is 2. The van der Waals surface area contributed by atoms with Gasteiger partial charge in [-0.25, -0.2) is 13.2 Å². The van der Waals surface area contributed by atoms with Crippen LogP contribution in [0, 0.1) is 0 Å². The molecule has 1 aromatic heterocycles. The number of rotatable bonds is 8. The summed E-state index contributed by atoms with van der Waals surface area (Å²) < 4.78 is 29.5. The van der Waals surface area contributed by atoms with Crippen LogP contribution < -0.4 is 9.50 Å². The zero-order valence-corrected chi connectivity index (χ0v) is 22.7. The lowest BCUT2D eigenvalue weighted by molar-refractivity contribution is 0.0697. The van der Waals surface area contributed by atoms with Gasteiger partial charge in [0.1, 0.15) is 11.5 Å². The first-order valence-electron chi connectivity index (χ1n) is 13.5. The van der Waals surface area contributed by atoms with Crippen molar-refractivity contribution in [3.63, 3.8) is 0 Å². The molecule has 2 aromatic rings. The Kier molecular flexibility index (Phi) is 10.00. The third-order valence-corrected chi connectivity index (χ3v) is 10.6. The highest BCUT2D eigenvalue weighted by atomic mass is 32.2. The maximum Gasteiger partial charge on any atom is 0.335 e. The highest BCUT2D eigenvalue weighted by Gasteiger charge is 2.24. The number of carboxylic acids is 1. The molecule has 2 saturated carbocycles. The smallest absolute Gasteiger partial charge is 0.335 e. The van der Waals surface area contributed by atoms with E-state index < -0.39 is 16.0 Å². The molecule has 0 aliphatic heterocycles. The van der Waals surface area contributed by atoms with Crippen molar-refractivity contribution in [1.82, 2.24) is 0 Å². The summed E-state index contributed by atoms with van der Waals surface area (Å²) >= 11 is 1.29. The lowest BCUT2D eigenvalue weighted by atomic mass is 9.48. The summed E-state index contributed by atoms with van der Waals surface area (Å²) in [7, 11) is 1.28. The first-order chi connectivity index (χ1) is 17.4. The molecule has 9 heteroatoms. The second kappa shape index (κ2) is 13.2. The van der Waals surface area contributed by atoms with Crippen LogP contribution in [0.5, 0.6) is 0 Å². The second-order valence-electron chi connectivity index (χ2n) is 10.5. The molecule has 2 radical (unpaired) electrons. The van der Waals surface area contributed by atoms with Crippen molar-refractivity contribution < 1.29 is 18.3 Å². The van der Waals surface area contributed by atoms with Crippen molar-refractivity contribution in [2.75, 3.05) is 4.72 Å². The fraction of sp³-hybridized carbons (Fsp3) is 0.593. The number of carbonyl (C=O) groups is 1. The average molecular weight is 525 g/mol. The van der Waals surface area contributed by atoms with E-state index in [1.807, 2.05) is 6.07 Å². The summed E-state index contributed by atoms with van der Waals surface area (Å²) in [4.78, 5) is 11.0. The van der Waals surface area contributed by atoms with Gasteiger partial charge in [-0.1, -0.05) is 107 Å². The van der Waals surface area contributed by atoms with Gasteiger partial charge >= 0.3 is 5.97 Å². The average Bonchev–Trinajstić information content (AvgIpc) is 3.28. The Hall–Kier alpha value is -1.73. The van der Waals surface area contributed by atoms with Crippen LogP contribution in [0.2, 0.25) is 17.5 Å². The van der Waals surface area contributed by atoms with Crippen LogP contribution in [0.1, 0.15) is 93.8 Å². The molecule has 1 aromatic carbocycles. The number of thiophene rings is 1. The van der Waals surface area contributed by atoms with E-state index in [0.717, 1.165) is 16.4 Å². The highest BCUT2D eigenvalue weighted by molar-refractivity contribution is 7.94. The lowest BCUT2D eigenvalue weighted by Gasteiger charge is -2.27. The number of benzene rings is 1. The molecule has 0 atom stereocenters. The van der Waals surface area contributed by atoms with E-state index in [-0.39, 0.29) is 9.77 Å². The zero-order chi connectivity index (χ0) is 25.4. The summed E-state index contributed by atoms with van der Waals surface area (Å²) in [6.07, 6.45) is 17.2. The van der Waals surface area contributed by atoms with Gasteiger partial charge in [0, 0.05) is 5.69 Å². The van der Waals surface area contributed by atoms with E-state index in [4.69, 9.17) is 5.11 Å². The Labute approximate surface area is 222 Å². The van der Waals surface area contributed by atoms with Crippen LogP contribution in [-0.2, 0) is 10.0 Å². The SMILES string of the molecule is O=C(O)c1ccc(NS(=O)(=O)c2ccc([B]C3CCCC([B]C4CCCCCCC4)CCC3)s2)cc1. The molecule has 36 heavy (non-hydrogen) atoms. The number of hydrogen-bond acceptors (Lipinski definition) is 4. The van der Waals surface area contributed by atoms with Crippen LogP contribution in [0.3, 0.4) is 0 Å². The summed E-state index contributed by atoms with van der Waals surface area (Å²) in [5.41, 5.74) is 0.471. The predicted octanol–water partition coefficient (Wildman–Crippen LogP) is 6.74. The number of anilines is 1. The van der Waals surface area contributed by atoms with E-state index in [9.17, 15) is 13.2 Å². The molecule has 0 bridgehead atoms. The molecule has 2 aliphatic rings. The monoisotopic (exact) mass is 525 g/mol. The van der Waals surface area contributed by atoms with E-state index in [0.29, 0.717) is 11.5 Å². The van der Waals surface area contributed by atoms with Gasteiger partial charge in [0.25, 0.3) is 10.0 Å². The molecule has 0 saturated heterocycles. The molecule has 1 heterocycles. The molecule has 5 nitrogen and oxygen atoms in total. The van der Waals surface area contributed by atoms with Crippen LogP contribution in [0.25, 0.3) is 0 Å². The van der Waals surface area contributed by atoms with Gasteiger partial charge in [-0.2, -0.15) is 0 Å². The lowest BCUT2D eigenvalue weighted by Crippen LogP contribution is -2.20. The molecule has 2 N–H and O–H groups in total. The summed E-state index contributed by atoms with van der Waals surface area (Å²) in [6, 6.07) is 9.28. The van der Waals surface area contributed by atoms with Crippen molar-refractivity contribution in [1.29, 1.82) is 0 Å². The Balaban J connectivity index is 1.26. The fourth-order valence-corrected chi connectivity index (χ4v) is 8.10. The molecule has 0 unspecified atom stereocenters. The number of aromatic carboxylic acids is 1. The zero-order valence-electron chi connectivity index (χ0n) is 21.0. The van der Waals surface area contributed by atoms with Crippen molar-refractivity contribution in [2.24, 2.45) is 0 Å². The first-order valence-corrected chi connectivity index (χ1v) is 15.8. The second-order valence-corrected chi connectivity index (χ2v) is 13.5. The fourth-order valence-electron chi connectivity index (χ4n) is 5.68. The Bertz CT molecular complexity index is 1070. The normalized spacial score (nSPS) is 22.4. The quantitative estimate of drug-likeness (QED) is 0.374. The highest BCUT2D eigenvalue weighted by Crippen LogP contribution is 2.36. The molecular weight excluding hydrogens is 488 g/mol. The van der Waals surface area contributed by atoms with Crippen molar-refractivity contribution in [3.8, 4) is 0 Å². The first kappa shape index (κ1) is 27.3. The minimum absolute atomic E-state index is 0.120. The maximum atomic E-state index is 12.8. The molecule has 2 fully saturated rings. The van der Waals surface area contributed by atoms with Crippen molar-refractivity contribution >= 4 is 52.4 Å². The van der Waals surface area contributed by atoms with Gasteiger partial charge in [-0.15, -0.1) is 11.3 Å². The Morgan fingerprint density at radius 3 is 1.94 bits per heavy atom. The van der Waals surface area contributed by atoms with E-state index in [1.54, 1.807) is 6.07 Å². The number of carboxylic acid groups (broad SMARTS) is 1. The summed E-state index contributed by atoms with van der Waals surface area (Å²) in [5, 5.41) is 9.01. The number of sulfonamides is 1. The largest absolute Gasteiger partial charge is 0.478 e. The molecule has 4 rings (SSSR count). The van der Waals surface area contributed by atoms with Crippen LogP contribution in [-0.4, -0.2) is 34.1 Å². The topological polar surface area (TPSA) is 83.5 Å². The molecule has 192 valence electrons. The third kappa shape index (κ3) is 8.14. The van der Waals surface area contributed by atoms with Gasteiger partial charge in [-0.3, -0.25) is 4.72 Å². The van der Waals surface area contributed by atoms with Gasteiger partial charge in [-0.05, 0) is 35.1 Å². The molecule has 2 aliphatic carbocycles.